The van der Waals surface area contributed by atoms with Crippen molar-refractivity contribution >= 4 is 5.97 Å². The molecule has 0 bridgehead atoms. The minimum atomic E-state index is -0.597. The number of ether oxygens (including phenoxy) is 1. The molecule has 0 heterocycles. The van der Waals surface area contributed by atoms with Crippen molar-refractivity contribution in [3.8, 4) is 48.9 Å². The van der Waals surface area contributed by atoms with E-state index in [1.54, 1.807) is 20.8 Å². The number of hydrogen-bond acceptors (Lipinski definition) is 2. The van der Waals surface area contributed by atoms with Gasteiger partial charge in [0.25, 0.3) is 0 Å². The molecule has 0 aliphatic rings. The summed E-state index contributed by atoms with van der Waals surface area (Å²) in [6, 6.07) is 9.60. The third-order valence-corrected chi connectivity index (χ3v) is 1.65. The average molecular weight is 308 g/mol. The van der Waals surface area contributed by atoms with E-state index in [-0.39, 0.29) is 6.10 Å². The smallest absolute Gasteiger partial charge is 0.384 e. The average Bonchev–Trinajstić information content (AvgIpc) is 2.56. The first-order valence-corrected chi connectivity index (χ1v) is 6.83. The highest BCUT2D eigenvalue weighted by Gasteiger charge is 1.97. The largest absolute Gasteiger partial charge is 0.453 e. The molecule has 2 heteroatoms. The molecule has 0 amide bonds. The van der Waals surface area contributed by atoms with Gasteiger partial charge in [-0.1, -0.05) is 24.1 Å². The van der Waals surface area contributed by atoms with E-state index in [1.165, 1.54) is 0 Å². The van der Waals surface area contributed by atoms with E-state index < -0.39 is 5.97 Å². The Kier molecular flexibility index (Phi) is 23.0. The van der Waals surface area contributed by atoms with E-state index in [2.05, 4.69) is 34.8 Å². The Labute approximate surface area is 141 Å². The number of benzene rings is 1. The van der Waals surface area contributed by atoms with Gasteiger partial charge in [0.1, 0.15) is 0 Å². The predicted molar refractivity (Wildman–Crippen MR) is 98.1 cm³/mol. The zero-order chi connectivity index (χ0) is 18.5. The van der Waals surface area contributed by atoms with Gasteiger partial charge < -0.3 is 4.74 Å². The molecule has 0 aliphatic carbocycles. The molecule has 2 nitrogen and oxygen atoms in total. The van der Waals surface area contributed by atoms with Gasteiger partial charge in [-0.3, -0.25) is 0 Å². The second-order valence-electron chi connectivity index (χ2n) is 3.90. The van der Waals surface area contributed by atoms with Crippen LogP contribution in [0.3, 0.4) is 0 Å². The van der Waals surface area contributed by atoms with Gasteiger partial charge in [0.05, 0.1) is 6.10 Å². The summed E-state index contributed by atoms with van der Waals surface area (Å²) in [6.45, 7) is 8.78. The number of hydrogen-bond donors (Lipinski definition) is 0. The fourth-order valence-electron chi connectivity index (χ4n) is 0.782. The van der Waals surface area contributed by atoms with E-state index in [9.17, 15) is 4.79 Å². The van der Waals surface area contributed by atoms with Crippen LogP contribution >= 0.6 is 0 Å². The number of carbonyl (C=O) groups is 1. The fourth-order valence-corrected chi connectivity index (χ4v) is 0.782. The molecule has 0 radical (unpaired) electrons. The molecule has 23 heavy (non-hydrogen) atoms. The highest BCUT2D eigenvalue weighted by atomic mass is 16.5. The first-order chi connectivity index (χ1) is 10.9. The van der Waals surface area contributed by atoms with Gasteiger partial charge in [0.2, 0.25) is 0 Å². The van der Waals surface area contributed by atoms with Crippen LogP contribution in [0.25, 0.3) is 0 Å². The van der Waals surface area contributed by atoms with Crippen LogP contribution in [0.2, 0.25) is 0 Å². The minimum Gasteiger partial charge on any atom is -0.453 e. The summed E-state index contributed by atoms with van der Waals surface area (Å²) in [4.78, 5) is 10.2. The number of carbonyl (C=O) groups excluding carboxylic acids is 1. The summed E-state index contributed by atoms with van der Waals surface area (Å²) in [7, 11) is 0. The molecule has 0 spiro atoms. The zero-order valence-corrected chi connectivity index (χ0v) is 14.5. The first kappa shape index (κ1) is 24.9. The number of terminal acetylenes is 3. The third kappa shape index (κ3) is 28.0. The summed E-state index contributed by atoms with van der Waals surface area (Å²) in [5.74, 6) is 11.4. The molecular weight excluding hydrogens is 284 g/mol. The van der Waals surface area contributed by atoms with Gasteiger partial charge in [0.15, 0.2) is 0 Å². The molecule has 1 aromatic rings. The van der Waals surface area contributed by atoms with E-state index in [0.29, 0.717) is 0 Å². The van der Waals surface area contributed by atoms with Crippen molar-refractivity contribution in [1.82, 2.24) is 0 Å². The Balaban J connectivity index is -0.000000252. The Morgan fingerprint density at radius 1 is 1.00 bits per heavy atom. The van der Waals surface area contributed by atoms with Gasteiger partial charge in [-0.25, -0.2) is 4.79 Å². The first-order valence-electron chi connectivity index (χ1n) is 6.83. The lowest BCUT2D eigenvalue weighted by atomic mass is 10.2. The van der Waals surface area contributed by atoms with Crippen molar-refractivity contribution in [2.75, 3.05) is 0 Å². The molecule has 0 saturated heterocycles. The maximum atomic E-state index is 10.2. The molecule has 0 aromatic heterocycles. The van der Waals surface area contributed by atoms with E-state index in [1.807, 2.05) is 50.1 Å². The highest BCUT2D eigenvalue weighted by Crippen LogP contribution is 1.93. The molecule has 1 rings (SSSR count). The summed E-state index contributed by atoms with van der Waals surface area (Å²) in [5, 5.41) is 0. The van der Waals surface area contributed by atoms with Crippen LogP contribution in [0.4, 0.5) is 0 Å². The molecule has 0 aliphatic heterocycles. The van der Waals surface area contributed by atoms with E-state index >= 15 is 0 Å². The number of rotatable bonds is 1. The monoisotopic (exact) mass is 308 g/mol. The normalized spacial score (nSPS) is 6.57. The van der Waals surface area contributed by atoms with Crippen molar-refractivity contribution in [1.29, 1.82) is 0 Å². The highest BCUT2D eigenvalue weighted by molar-refractivity contribution is 5.87. The molecule has 0 fully saturated rings. The quantitative estimate of drug-likeness (QED) is 0.447. The summed E-state index contributed by atoms with van der Waals surface area (Å²) >= 11 is 0. The fraction of sp³-hybridized carbons (Fsp3) is 0.286. The second kappa shape index (κ2) is 21.2. The molecular formula is C21H24O2. The van der Waals surface area contributed by atoms with Gasteiger partial charge in [-0.05, 0) is 46.8 Å². The lowest BCUT2D eigenvalue weighted by Crippen LogP contribution is -2.08. The van der Waals surface area contributed by atoms with Crippen molar-refractivity contribution < 1.29 is 9.53 Å². The standard InChI is InChI=1S/C8H6.C6H8O2.C4H6.C3H4/c1-2-8-6-4-3-5-7-8;1-4-6(7)8-5(2)3;1-3-4-2;1-3-2/h1,3-7H;1,5H,2-3H3;1-2H3;1H,2H3. The molecule has 0 atom stereocenters. The summed E-state index contributed by atoms with van der Waals surface area (Å²) in [5.41, 5.74) is 0.938. The molecule has 0 N–H and O–H groups in total. The van der Waals surface area contributed by atoms with Crippen LogP contribution in [0.5, 0.6) is 0 Å². The van der Waals surface area contributed by atoms with Gasteiger partial charge >= 0.3 is 5.97 Å². The second-order valence-corrected chi connectivity index (χ2v) is 3.90. The Morgan fingerprint density at radius 3 is 1.61 bits per heavy atom. The van der Waals surface area contributed by atoms with E-state index in [4.69, 9.17) is 12.8 Å². The zero-order valence-electron chi connectivity index (χ0n) is 14.5. The van der Waals surface area contributed by atoms with Crippen molar-refractivity contribution in [3.05, 3.63) is 35.9 Å². The Morgan fingerprint density at radius 2 is 1.43 bits per heavy atom. The third-order valence-electron chi connectivity index (χ3n) is 1.65. The van der Waals surface area contributed by atoms with Crippen LogP contribution in [-0.2, 0) is 9.53 Å². The van der Waals surface area contributed by atoms with E-state index in [0.717, 1.165) is 5.56 Å². The number of esters is 1. The van der Waals surface area contributed by atoms with Crippen LogP contribution in [0.1, 0.15) is 40.2 Å². The van der Waals surface area contributed by atoms with Crippen molar-refractivity contribution in [2.24, 2.45) is 0 Å². The van der Waals surface area contributed by atoms with Crippen LogP contribution in [0, 0.1) is 48.9 Å². The van der Waals surface area contributed by atoms with Gasteiger partial charge in [-0.2, -0.15) is 0 Å². The summed E-state index contributed by atoms with van der Waals surface area (Å²) < 4.78 is 4.52. The van der Waals surface area contributed by atoms with Crippen molar-refractivity contribution in [2.45, 2.75) is 40.7 Å². The minimum absolute atomic E-state index is 0.112. The topological polar surface area (TPSA) is 26.3 Å². The maximum Gasteiger partial charge on any atom is 0.384 e. The van der Waals surface area contributed by atoms with Crippen LogP contribution < -0.4 is 0 Å². The molecule has 0 saturated carbocycles. The summed E-state index contributed by atoms with van der Waals surface area (Å²) in [6.07, 6.45) is 14.3. The molecule has 120 valence electrons. The van der Waals surface area contributed by atoms with Crippen LogP contribution in [0.15, 0.2) is 30.3 Å². The Bertz CT molecular complexity index is 573. The van der Waals surface area contributed by atoms with Gasteiger partial charge in [-0.15, -0.1) is 37.0 Å². The molecule has 1 aromatic carbocycles. The lowest BCUT2D eigenvalue weighted by Gasteiger charge is -2.01. The lowest BCUT2D eigenvalue weighted by molar-refractivity contribution is -0.140. The van der Waals surface area contributed by atoms with Crippen molar-refractivity contribution in [3.63, 3.8) is 0 Å². The van der Waals surface area contributed by atoms with Crippen LogP contribution in [-0.4, -0.2) is 12.1 Å². The Hall–Kier alpha value is -3.07. The van der Waals surface area contributed by atoms with Gasteiger partial charge in [0, 0.05) is 11.5 Å². The maximum absolute atomic E-state index is 10.2. The SMILES string of the molecule is C#CC.C#CC(=O)OC(C)C.C#Cc1ccccc1.CC#CC. The predicted octanol–water partition coefficient (Wildman–Crippen LogP) is 3.91. The molecule has 0 unspecified atom stereocenters.